The number of rotatable bonds is 5. The number of hydrogen-bond donors (Lipinski definition) is 1. The molecule has 1 N–H and O–H groups in total. The number of nitrogens with one attached hydrogen (secondary N) is 1. The first-order valence-corrected chi connectivity index (χ1v) is 7.65. The first kappa shape index (κ1) is 17.1. The highest BCUT2D eigenvalue weighted by Gasteiger charge is 2.13. The van der Waals surface area contributed by atoms with Gasteiger partial charge in [-0.25, -0.2) is 4.98 Å². The predicted octanol–water partition coefficient (Wildman–Crippen LogP) is 3.73. The van der Waals surface area contributed by atoms with Gasteiger partial charge < -0.3 is 10.2 Å². The van der Waals surface area contributed by atoms with Crippen molar-refractivity contribution in [2.24, 2.45) is 0 Å². The number of pyridine rings is 1. The van der Waals surface area contributed by atoms with Gasteiger partial charge in [-0.05, 0) is 31.2 Å². The molecule has 2 aromatic rings. The van der Waals surface area contributed by atoms with E-state index in [1.165, 1.54) is 0 Å². The maximum atomic E-state index is 12.2. The number of hydrogen-bond acceptors (Lipinski definition) is 4. The summed E-state index contributed by atoms with van der Waals surface area (Å²) in [6.07, 6.45) is 1.57. The number of para-hydroxylation sites is 1. The molecule has 0 radical (unpaired) electrons. The minimum absolute atomic E-state index is 0.117. The molecule has 0 saturated heterocycles. The zero-order valence-corrected chi connectivity index (χ0v) is 13.9. The zero-order chi connectivity index (χ0) is 16.8. The van der Waals surface area contributed by atoms with E-state index in [0.29, 0.717) is 28.0 Å². The monoisotopic (exact) mass is 348 g/mol. The topological polar surface area (TPSA) is 69.0 Å². The summed E-state index contributed by atoms with van der Waals surface area (Å²) in [5.41, 5.74) is 1.49. The molecule has 7 heteroatoms. The van der Waals surface area contributed by atoms with Gasteiger partial charge in [-0.15, -0.1) is 0 Å². The molecule has 5 nitrogen and oxygen atoms in total. The molecule has 0 aliphatic heterocycles. The first-order chi connectivity index (χ1) is 11.0. The quantitative estimate of drug-likeness (QED) is 0.893. The van der Waals surface area contributed by atoms with Crippen LogP contribution in [0.5, 0.6) is 0 Å². The van der Waals surface area contributed by atoms with Gasteiger partial charge in [0.15, 0.2) is 0 Å². The Labute approximate surface area is 144 Å². The van der Waals surface area contributed by atoms with E-state index in [-0.39, 0.29) is 12.5 Å². The molecule has 0 aliphatic carbocycles. The molecule has 1 aromatic carbocycles. The van der Waals surface area contributed by atoms with Gasteiger partial charge in [-0.2, -0.15) is 5.26 Å². The number of anilines is 2. The Hall–Kier alpha value is -2.29. The van der Waals surface area contributed by atoms with Crippen molar-refractivity contribution in [3.63, 3.8) is 0 Å². The number of nitriles is 1. The van der Waals surface area contributed by atoms with Crippen LogP contribution >= 0.6 is 23.2 Å². The smallest absolute Gasteiger partial charge is 0.243 e. The van der Waals surface area contributed by atoms with E-state index in [2.05, 4.69) is 10.3 Å². The second-order valence-corrected chi connectivity index (χ2v) is 5.49. The van der Waals surface area contributed by atoms with Gasteiger partial charge in [0.25, 0.3) is 0 Å². The Morgan fingerprint density at radius 3 is 2.52 bits per heavy atom. The summed E-state index contributed by atoms with van der Waals surface area (Å²) in [7, 11) is 0. The summed E-state index contributed by atoms with van der Waals surface area (Å²) in [5, 5.41) is 12.3. The van der Waals surface area contributed by atoms with Gasteiger partial charge in [0.2, 0.25) is 5.91 Å². The van der Waals surface area contributed by atoms with E-state index in [0.717, 1.165) is 5.69 Å². The second kappa shape index (κ2) is 7.82. The fourth-order valence-corrected chi connectivity index (χ4v) is 2.49. The van der Waals surface area contributed by atoms with Crippen molar-refractivity contribution >= 4 is 40.5 Å². The van der Waals surface area contributed by atoms with Gasteiger partial charge in [0, 0.05) is 6.54 Å². The summed E-state index contributed by atoms with van der Waals surface area (Å²) >= 11 is 12.1. The van der Waals surface area contributed by atoms with Crippen LogP contribution in [0.25, 0.3) is 0 Å². The van der Waals surface area contributed by atoms with E-state index in [1.807, 2.05) is 17.9 Å². The molecule has 1 amide bonds. The number of halogens is 2. The number of amides is 1. The third-order valence-corrected chi connectivity index (χ3v) is 3.80. The second-order valence-electron chi connectivity index (χ2n) is 4.67. The van der Waals surface area contributed by atoms with Crippen LogP contribution in [0.3, 0.4) is 0 Å². The van der Waals surface area contributed by atoms with Crippen molar-refractivity contribution in [1.29, 1.82) is 5.26 Å². The average Bonchev–Trinajstić information content (AvgIpc) is 2.56. The highest BCUT2D eigenvalue weighted by atomic mass is 35.5. The van der Waals surface area contributed by atoms with Crippen molar-refractivity contribution in [1.82, 2.24) is 4.98 Å². The Morgan fingerprint density at radius 2 is 2.00 bits per heavy atom. The maximum Gasteiger partial charge on any atom is 0.243 e. The molecule has 1 heterocycles. The number of aromatic nitrogens is 1. The zero-order valence-electron chi connectivity index (χ0n) is 12.4. The van der Waals surface area contributed by atoms with Gasteiger partial charge >= 0.3 is 0 Å². The summed E-state index contributed by atoms with van der Waals surface area (Å²) in [5.74, 6) is -0.244. The first-order valence-electron chi connectivity index (χ1n) is 6.90. The van der Waals surface area contributed by atoms with Crippen molar-refractivity contribution in [3.05, 3.63) is 52.3 Å². The lowest BCUT2D eigenvalue weighted by atomic mass is 10.3. The Kier molecular flexibility index (Phi) is 5.80. The summed E-state index contributed by atoms with van der Waals surface area (Å²) in [6, 6.07) is 10.4. The number of nitrogens with zero attached hydrogens (tertiary/aromatic N) is 3. The molecule has 2 rings (SSSR count). The van der Waals surface area contributed by atoms with Crippen LogP contribution in [-0.2, 0) is 4.79 Å². The van der Waals surface area contributed by atoms with E-state index < -0.39 is 0 Å². The molecule has 0 bridgehead atoms. The van der Waals surface area contributed by atoms with Crippen molar-refractivity contribution in [2.45, 2.75) is 6.92 Å². The molecule has 0 atom stereocenters. The molecular formula is C16H14Cl2N4O. The number of carbonyl (C=O) groups excluding carboxylic acids is 1. The molecule has 0 unspecified atom stereocenters. The minimum Gasteiger partial charge on any atom is -0.361 e. The summed E-state index contributed by atoms with van der Waals surface area (Å²) in [4.78, 5) is 18.1. The molecule has 118 valence electrons. The van der Waals surface area contributed by atoms with Gasteiger partial charge in [-0.1, -0.05) is 29.3 Å². The van der Waals surface area contributed by atoms with Crippen LogP contribution in [0.2, 0.25) is 10.0 Å². The van der Waals surface area contributed by atoms with E-state index in [9.17, 15) is 4.79 Å². The highest BCUT2D eigenvalue weighted by Crippen LogP contribution is 2.29. The third kappa shape index (κ3) is 4.35. The van der Waals surface area contributed by atoms with E-state index in [1.54, 1.807) is 36.5 Å². The molecular weight excluding hydrogens is 335 g/mol. The molecule has 0 saturated carbocycles. The lowest BCUT2D eigenvalue weighted by Crippen LogP contribution is -2.33. The van der Waals surface area contributed by atoms with E-state index >= 15 is 0 Å². The summed E-state index contributed by atoms with van der Waals surface area (Å²) < 4.78 is 0. The molecule has 0 fully saturated rings. The predicted molar refractivity (Wildman–Crippen MR) is 91.9 cm³/mol. The Balaban J connectivity index is 2.09. The lowest BCUT2D eigenvalue weighted by Gasteiger charge is -2.22. The lowest BCUT2D eigenvalue weighted by molar-refractivity contribution is -0.115. The van der Waals surface area contributed by atoms with Crippen molar-refractivity contribution < 1.29 is 4.79 Å². The van der Waals surface area contributed by atoms with Crippen molar-refractivity contribution in [3.8, 4) is 6.07 Å². The van der Waals surface area contributed by atoms with Crippen molar-refractivity contribution in [2.75, 3.05) is 23.3 Å². The standard InChI is InChI=1S/C16H14Cl2N4O/c1-2-22(12-7-6-11(8-19)20-9-12)10-15(23)21-16-13(17)4-3-5-14(16)18/h3-7,9H,2,10H2,1H3,(H,21,23). The van der Waals surface area contributed by atoms with E-state index in [4.69, 9.17) is 28.5 Å². The number of likely N-dealkylation sites (N-methyl/N-ethyl adjacent to an activating group) is 1. The number of benzene rings is 1. The Bertz CT molecular complexity index is 720. The van der Waals surface area contributed by atoms with Gasteiger partial charge in [-0.3, -0.25) is 4.79 Å². The Morgan fingerprint density at radius 1 is 1.30 bits per heavy atom. The molecule has 23 heavy (non-hydrogen) atoms. The number of carbonyl (C=O) groups is 1. The molecule has 1 aromatic heterocycles. The molecule has 0 spiro atoms. The largest absolute Gasteiger partial charge is 0.361 e. The normalized spacial score (nSPS) is 10.0. The van der Waals surface area contributed by atoms with Crippen LogP contribution in [0.1, 0.15) is 12.6 Å². The van der Waals surface area contributed by atoms with Gasteiger partial charge in [0.1, 0.15) is 11.8 Å². The van der Waals surface area contributed by atoms with Crippen LogP contribution in [-0.4, -0.2) is 24.0 Å². The van der Waals surface area contributed by atoms with Gasteiger partial charge in [0.05, 0.1) is 34.2 Å². The third-order valence-electron chi connectivity index (χ3n) is 3.17. The van der Waals surface area contributed by atoms with Crippen LogP contribution in [0.15, 0.2) is 36.5 Å². The maximum absolute atomic E-state index is 12.2. The molecule has 0 aliphatic rings. The van der Waals surface area contributed by atoms with Crippen LogP contribution in [0, 0.1) is 11.3 Å². The fraction of sp³-hybridized carbons (Fsp3) is 0.188. The van der Waals surface area contributed by atoms with Crippen LogP contribution < -0.4 is 10.2 Å². The minimum atomic E-state index is -0.244. The average molecular weight is 349 g/mol. The fourth-order valence-electron chi connectivity index (χ4n) is 1.99. The SMILES string of the molecule is CCN(CC(=O)Nc1c(Cl)cccc1Cl)c1ccc(C#N)nc1. The van der Waals surface area contributed by atoms with Crippen LogP contribution in [0.4, 0.5) is 11.4 Å². The highest BCUT2D eigenvalue weighted by molar-refractivity contribution is 6.39. The summed E-state index contributed by atoms with van der Waals surface area (Å²) in [6.45, 7) is 2.65.